The van der Waals surface area contributed by atoms with Crippen molar-refractivity contribution in [3.63, 3.8) is 0 Å². The quantitative estimate of drug-likeness (QED) is 0.0264. The zero-order valence-corrected chi connectivity index (χ0v) is 37.8. The van der Waals surface area contributed by atoms with Crippen molar-refractivity contribution in [1.29, 1.82) is 0 Å². The maximum absolute atomic E-state index is 12.7. The van der Waals surface area contributed by atoms with E-state index in [9.17, 15) is 14.4 Å². The maximum Gasteiger partial charge on any atom is 0.306 e. The Morgan fingerprint density at radius 3 is 1.19 bits per heavy atom. The molecule has 0 radical (unpaired) electrons. The fraction of sp³-hybridized carbons (Fsp3) is 0.712. The van der Waals surface area contributed by atoms with Crippen molar-refractivity contribution >= 4 is 17.9 Å². The molecule has 0 aromatic carbocycles. The van der Waals surface area contributed by atoms with Crippen LogP contribution in [0.25, 0.3) is 0 Å². The number of hydrogen-bond donors (Lipinski definition) is 0. The van der Waals surface area contributed by atoms with E-state index in [1.807, 2.05) is 6.08 Å². The van der Waals surface area contributed by atoms with Crippen LogP contribution in [0.2, 0.25) is 0 Å². The molecule has 0 heterocycles. The van der Waals surface area contributed by atoms with Gasteiger partial charge in [0, 0.05) is 19.3 Å². The van der Waals surface area contributed by atoms with Gasteiger partial charge in [0.2, 0.25) is 0 Å². The second-order valence-electron chi connectivity index (χ2n) is 15.6. The lowest BCUT2D eigenvalue weighted by Gasteiger charge is -2.18. The first-order valence-electron chi connectivity index (χ1n) is 23.9. The minimum Gasteiger partial charge on any atom is -0.462 e. The van der Waals surface area contributed by atoms with Gasteiger partial charge in [-0.1, -0.05) is 177 Å². The molecule has 0 saturated heterocycles. The SMILES string of the molecule is CC/C=C\C/C=C\C/C=C\CCCCC(=O)OCC(COC(=O)CCCCCCCCC/C=C\CCCCCC)OC(=O)CC/C=C\C/C=C\CCCCCCCC. The van der Waals surface area contributed by atoms with E-state index in [0.717, 1.165) is 70.6 Å². The Morgan fingerprint density at radius 1 is 0.362 bits per heavy atom. The lowest BCUT2D eigenvalue weighted by molar-refractivity contribution is -0.166. The van der Waals surface area contributed by atoms with Crippen LogP contribution in [0, 0.1) is 0 Å². The van der Waals surface area contributed by atoms with Crippen LogP contribution >= 0.6 is 0 Å². The molecular formula is C52H88O6. The predicted octanol–water partition coefficient (Wildman–Crippen LogP) is 15.5. The van der Waals surface area contributed by atoms with Gasteiger partial charge in [-0.2, -0.15) is 0 Å². The van der Waals surface area contributed by atoms with E-state index < -0.39 is 12.1 Å². The first kappa shape index (κ1) is 54.9. The minimum absolute atomic E-state index is 0.113. The molecule has 0 amide bonds. The lowest BCUT2D eigenvalue weighted by Crippen LogP contribution is -2.30. The van der Waals surface area contributed by atoms with Gasteiger partial charge in [0.25, 0.3) is 0 Å². The van der Waals surface area contributed by atoms with E-state index in [4.69, 9.17) is 14.2 Å². The molecule has 0 rings (SSSR count). The molecule has 0 bridgehead atoms. The summed E-state index contributed by atoms with van der Waals surface area (Å²) >= 11 is 0. The largest absolute Gasteiger partial charge is 0.462 e. The molecule has 6 heteroatoms. The molecule has 0 N–H and O–H groups in total. The Labute approximate surface area is 357 Å². The number of rotatable bonds is 42. The first-order chi connectivity index (χ1) is 28.5. The summed E-state index contributed by atoms with van der Waals surface area (Å²) < 4.78 is 16.6. The van der Waals surface area contributed by atoms with Crippen LogP contribution in [-0.4, -0.2) is 37.2 Å². The van der Waals surface area contributed by atoms with Gasteiger partial charge in [-0.25, -0.2) is 0 Å². The molecule has 332 valence electrons. The number of allylic oxidation sites excluding steroid dienone is 12. The summed E-state index contributed by atoms with van der Waals surface area (Å²) in [5.74, 6) is -1.03. The number of hydrogen-bond acceptors (Lipinski definition) is 6. The highest BCUT2D eigenvalue weighted by molar-refractivity contribution is 5.71. The fourth-order valence-electron chi connectivity index (χ4n) is 6.33. The molecule has 0 aromatic rings. The molecule has 1 unspecified atom stereocenters. The third-order valence-corrected chi connectivity index (χ3v) is 9.93. The average molecular weight is 809 g/mol. The highest BCUT2D eigenvalue weighted by atomic mass is 16.6. The van der Waals surface area contributed by atoms with Crippen molar-refractivity contribution in [1.82, 2.24) is 0 Å². The second-order valence-corrected chi connectivity index (χ2v) is 15.6. The van der Waals surface area contributed by atoms with Gasteiger partial charge in [0.1, 0.15) is 13.2 Å². The molecule has 0 aliphatic rings. The summed E-state index contributed by atoms with van der Waals surface area (Å²) in [7, 11) is 0. The van der Waals surface area contributed by atoms with Crippen LogP contribution in [0.15, 0.2) is 72.9 Å². The average Bonchev–Trinajstić information content (AvgIpc) is 3.22. The Morgan fingerprint density at radius 2 is 0.707 bits per heavy atom. The van der Waals surface area contributed by atoms with E-state index in [0.29, 0.717) is 19.3 Å². The molecule has 1 atom stereocenters. The highest BCUT2D eigenvalue weighted by Gasteiger charge is 2.19. The van der Waals surface area contributed by atoms with Crippen molar-refractivity contribution < 1.29 is 28.6 Å². The standard InChI is InChI=1S/C52H88O6/c1-4-7-10-13-16-19-22-25-26-28-30-33-36-39-42-45-51(54)57-48-49(47-56-50(53)44-41-38-35-32-29-24-21-18-15-12-9-6-3)58-52(55)46-43-40-37-34-31-27-23-20-17-14-11-8-5-2/h9,12,18-19,21-22,27,29,31-32,37,40,49H,4-8,10-11,13-17,20,23-26,28,30,33-36,38-39,41-48H2,1-3H3/b12-9-,21-18-,22-19-,31-27-,32-29-,40-37-. The third-order valence-electron chi connectivity index (χ3n) is 9.93. The molecule has 6 nitrogen and oxygen atoms in total. The van der Waals surface area contributed by atoms with Crippen LogP contribution in [-0.2, 0) is 28.6 Å². The summed E-state index contributed by atoms with van der Waals surface area (Å²) in [5.41, 5.74) is 0. The topological polar surface area (TPSA) is 78.9 Å². The van der Waals surface area contributed by atoms with Crippen LogP contribution < -0.4 is 0 Å². The minimum atomic E-state index is -0.821. The Balaban J connectivity index is 4.50. The van der Waals surface area contributed by atoms with Gasteiger partial charge < -0.3 is 14.2 Å². The first-order valence-corrected chi connectivity index (χ1v) is 23.9. The van der Waals surface area contributed by atoms with Crippen molar-refractivity contribution in [2.24, 2.45) is 0 Å². The normalized spacial score (nSPS) is 12.7. The highest BCUT2D eigenvalue weighted by Crippen LogP contribution is 2.13. The number of ether oxygens (including phenoxy) is 3. The van der Waals surface area contributed by atoms with Gasteiger partial charge >= 0.3 is 17.9 Å². The number of carbonyl (C=O) groups excluding carboxylic acids is 3. The number of carbonyl (C=O) groups is 3. The molecular weight excluding hydrogens is 721 g/mol. The molecule has 0 fully saturated rings. The van der Waals surface area contributed by atoms with Gasteiger partial charge in [-0.05, 0) is 96.3 Å². The lowest BCUT2D eigenvalue weighted by atomic mass is 10.1. The van der Waals surface area contributed by atoms with Gasteiger partial charge in [-0.3, -0.25) is 14.4 Å². The van der Waals surface area contributed by atoms with Crippen LogP contribution in [0.1, 0.15) is 220 Å². The van der Waals surface area contributed by atoms with Crippen molar-refractivity contribution in [2.75, 3.05) is 13.2 Å². The summed E-state index contributed by atoms with van der Waals surface area (Å²) in [6.45, 7) is 6.40. The van der Waals surface area contributed by atoms with E-state index in [-0.39, 0.29) is 31.6 Å². The van der Waals surface area contributed by atoms with Gasteiger partial charge in [0.05, 0.1) is 0 Å². The molecule has 58 heavy (non-hydrogen) atoms. The molecule has 0 aromatic heterocycles. The van der Waals surface area contributed by atoms with E-state index in [2.05, 4.69) is 87.6 Å². The number of unbranched alkanes of at least 4 members (excludes halogenated alkanes) is 19. The predicted molar refractivity (Wildman–Crippen MR) is 247 cm³/mol. The summed E-state index contributed by atoms with van der Waals surface area (Å²) in [6.07, 6.45) is 57.6. The maximum atomic E-state index is 12.7. The monoisotopic (exact) mass is 809 g/mol. The summed E-state index contributed by atoms with van der Waals surface area (Å²) in [5, 5.41) is 0. The van der Waals surface area contributed by atoms with Crippen LogP contribution in [0.5, 0.6) is 0 Å². The Hall–Kier alpha value is -3.15. The van der Waals surface area contributed by atoms with E-state index in [1.165, 1.54) is 103 Å². The van der Waals surface area contributed by atoms with Crippen LogP contribution in [0.3, 0.4) is 0 Å². The summed E-state index contributed by atoms with van der Waals surface area (Å²) in [6, 6.07) is 0. The van der Waals surface area contributed by atoms with E-state index >= 15 is 0 Å². The smallest absolute Gasteiger partial charge is 0.306 e. The van der Waals surface area contributed by atoms with Gasteiger partial charge in [0.15, 0.2) is 6.10 Å². The van der Waals surface area contributed by atoms with Crippen molar-refractivity contribution in [2.45, 2.75) is 226 Å². The van der Waals surface area contributed by atoms with Crippen molar-refractivity contribution in [3.8, 4) is 0 Å². The Bertz CT molecular complexity index is 1110. The van der Waals surface area contributed by atoms with Crippen molar-refractivity contribution in [3.05, 3.63) is 72.9 Å². The van der Waals surface area contributed by atoms with Gasteiger partial charge in [-0.15, -0.1) is 0 Å². The fourth-order valence-corrected chi connectivity index (χ4v) is 6.33. The van der Waals surface area contributed by atoms with Crippen LogP contribution in [0.4, 0.5) is 0 Å². The third kappa shape index (κ3) is 44.0. The zero-order valence-electron chi connectivity index (χ0n) is 37.8. The molecule has 0 aliphatic heterocycles. The summed E-state index contributed by atoms with van der Waals surface area (Å²) in [4.78, 5) is 37.8. The molecule has 0 spiro atoms. The molecule has 0 saturated carbocycles. The van der Waals surface area contributed by atoms with E-state index in [1.54, 1.807) is 0 Å². The second kappa shape index (κ2) is 46.5. The Kier molecular flexibility index (Phi) is 44.0. The molecule has 0 aliphatic carbocycles. The zero-order chi connectivity index (χ0) is 42.3. The number of esters is 3.